The standard InChI is InChI=1S/C15H23N3O2/c1-11(2)17-13(19)10-18(4)14(20)15(3,16)12-8-6-5-7-9-12/h5-9,11H,10,16H2,1-4H3,(H,17,19). The Bertz CT molecular complexity index is 469. The van der Waals surface area contributed by atoms with Gasteiger partial charge in [-0.1, -0.05) is 30.3 Å². The maximum atomic E-state index is 12.4. The molecule has 0 aliphatic rings. The molecule has 1 aromatic carbocycles. The van der Waals surface area contributed by atoms with Crippen molar-refractivity contribution in [1.29, 1.82) is 0 Å². The molecule has 0 aliphatic heterocycles. The van der Waals surface area contributed by atoms with Gasteiger partial charge in [0.1, 0.15) is 5.54 Å². The van der Waals surface area contributed by atoms with Crippen LogP contribution in [0.4, 0.5) is 0 Å². The van der Waals surface area contributed by atoms with Gasteiger partial charge in [0.05, 0.1) is 6.54 Å². The van der Waals surface area contributed by atoms with Crippen molar-refractivity contribution in [3.8, 4) is 0 Å². The van der Waals surface area contributed by atoms with E-state index >= 15 is 0 Å². The summed E-state index contributed by atoms with van der Waals surface area (Å²) in [7, 11) is 1.58. The van der Waals surface area contributed by atoms with Gasteiger partial charge in [0.25, 0.3) is 0 Å². The summed E-state index contributed by atoms with van der Waals surface area (Å²) in [6.45, 7) is 5.39. The van der Waals surface area contributed by atoms with Crippen LogP contribution in [0, 0.1) is 0 Å². The van der Waals surface area contributed by atoms with Crippen LogP contribution in [0.15, 0.2) is 30.3 Å². The van der Waals surface area contributed by atoms with Crippen LogP contribution in [-0.2, 0) is 15.1 Å². The molecule has 0 fully saturated rings. The molecule has 5 nitrogen and oxygen atoms in total. The summed E-state index contributed by atoms with van der Waals surface area (Å²) in [4.78, 5) is 25.4. The summed E-state index contributed by atoms with van der Waals surface area (Å²) in [5, 5.41) is 2.75. The van der Waals surface area contributed by atoms with Gasteiger partial charge in [-0.05, 0) is 26.3 Å². The number of nitrogens with two attached hydrogens (primary N) is 1. The summed E-state index contributed by atoms with van der Waals surface area (Å²) in [5.74, 6) is -0.484. The monoisotopic (exact) mass is 277 g/mol. The number of hydrogen-bond donors (Lipinski definition) is 2. The average molecular weight is 277 g/mol. The van der Waals surface area contributed by atoms with E-state index in [4.69, 9.17) is 5.73 Å². The zero-order valence-corrected chi connectivity index (χ0v) is 12.5. The van der Waals surface area contributed by atoms with E-state index in [0.29, 0.717) is 0 Å². The number of nitrogens with one attached hydrogen (secondary N) is 1. The lowest BCUT2D eigenvalue weighted by atomic mass is 9.92. The third-order valence-corrected chi connectivity index (χ3v) is 2.99. The Morgan fingerprint density at radius 3 is 2.35 bits per heavy atom. The Labute approximate surface area is 120 Å². The van der Waals surface area contributed by atoms with Crippen LogP contribution in [0.2, 0.25) is 0 Å². The average Bonchev–Trinajstić information content (AvgIpc) is 2.37. The highest BCUT2D eigenvalue weighted by Crippen LogP contribution is 2.19. The Morgan fingerprint density at radius 1 is 1.30 bits per heavy atom. The molecule has 5 heteroatoms. The minimum atomic E-state index is -1.14. The molecule has 1 aromatic rings. The summed E-state index contributed by atoms with van der Waals surface area (Å²) >= 11 is 0. The quantitative estimate of drug-likeness (QED) is 0.837. The molecule has 20 heavy (non-hydrogen) atoms. The molecule has 0 radical (unpaired) electrons. The zero-order valence-electron chi connectivity index (χ0n) is 12.5. The first kappa shape index (κ1) is 16.2. The lowest BCUT2D eigenvalue weighted by molar-refractivity contribution is -0.139. The minimum Gasteiger partial charge on any atom is -0.352 e. The fourth-order valence-corrected chi connectivity index (χ4v) is 1.96. The van der Waals surface area contributed by atoms with Crippen molar-refractivity contribution in [3.63, 3.8) is 0 Å². The molecule has 0 bridgehead atoms. The van der Waals surface area contributed by atoms with E-state index in [2.05, 4.69) is 5.32 Å². The van der Waals surface area contributed by atoms with Crippen molar-refractivity contribution < 1.29 is 9.59 Å². The fraction of sp³-hybridized carbons (Fsp3) is 0.467. The molecule has 1 rings (SSSR count). The molecule has 0 saturated carbocycles. The van der Waals surface area contributed by atoms with Crippen LogP contribution in [-0.4, -0.2) is 36.3 Å². The second kappa shape index (κ2) is 6.52. The smallest absolute Gasteiger partial charge is 0.247 e. The van der Waals surface area contributed by atoms with Gasteiger partial charge in [0.2, 0.25) is 11.8 Å². The van der Waals surface area contributed by atoms with Gasteiger partial charge in [0, 0.05) is 13.1 Å². The first-order valence-electron chi connectivity index (χ1n) is 6.64. The maximum absolute atomic E-state index is 12.4. The van der Waals surface area contributed by atoms with Gasteiger partial charge >= 0.3 is 0 Å². The van der Waals surface area contributed by atoms with Gasteiger partial charge in [-0.25, -0.2) is 0 Å². The summed E-state index contributed by atoms with van der Waals surface area (Å²) in [5.41, 5.74) is 5.72. The fourth-order valence-electron chi connectivity index (χ4n) is 1.96. The van der Waals surface area contributed by atoms with E-state index in [1.54, 1.807) is 26.1 Å². The summed E-state index contributed by atoms with van der Waals surface area (Å²) in [6, 6.07) is 9.19. The lowest BCUT2D eigenvalue weighted by Gasteiger charge is -2.29. The van der Waals surface area contributed by atoms with Crippen molar-refractivity contribution in [1.82, 2.24) is 10.2 Å². The van der Waals surface area contributed by atoms with Crippen LogP contribution in [0.25, 0.3) is 0 Å². The first-order valence-corrected chi connectivity index (χ1v) is 6.64. The van der Waals surface area contributed by atoms with Crippen molar-refractivity contribution in [2.24, 2.45) is 5.73 Å². The normalized spacial score (nSPS) is 13.7. The Morgan fingerprint density at radius 2 is 1.85 bits per heavy atom. The zero-order chi connectivity index (χ0) is 15.3. The molecule has 3 N–H and O–H groups in total. The molecule has 0 aliphatic carbocycles. The molecular formula is C15H23N3O2. The van der Waals surface area contributed by atoms with E-state index in [0.717, 1.165) is 5.56 Å². The maximum Gasteiger partial charge on any atom is 0.247 e. The van der Waals surface area contributed by atoms with Crippen molar-refractivity contribution in [2.45, 2.75) is 32.4 Å². The first-order chi connectivity index (χ1) is 9.25. The number of likely N-dealkylation sites (N-methyl/N-ethyl adjacent to an activating group) is 1. The van der Waals surface area contributed by atoms with Gasteiger partial charge in [-0.2, -0.15) is 0 Å². The molecule has 2 amide bonds. The number of carbonyl (C=O) groups excluding carboxylic acids is 2. The van der Waals surface area contributed by atoms with E-state index in [9.17, 15) is 9.59 Å². The van der Waals surface area contributed by atoms with E-state index in [1.807, 2.05) is 32.0 Å². The molecule has 0 spiro atoms. The molecule has 0 aromatic heterocycles. The number of benzene rings is 1. The number of rotatable bonds is 5. The predicted octanol–water partition coefficient (Wildman–Crippen LogP) is 0.844. The van der Waals surface area contributed by atoms with Crippen LogP contribution >= 0.6 is 0 Å². The SMILES string of the molecule is CC(C)NC(=O)CN(C)C(=O)C(C)(N)c1ccccc1. The molecule has 0 heterocycles. The third kappa shape index (κ3) is 4.06. The van der Waals surface area contributed by atoms with Crippen molar-refractivity contribution in [3.05, 3.63) is 35.9 Å². The van der Waals surface area contributed by atoms with Crippen LogP contribution in [0.3, 0.4) is 0 Å². The summed E-state index contributed by atoms with van der Waals surface area (Å²) in [6.07, 6.45) is 0. The Balaban J connectivity index is 2.76. The van der Waals surface area contributed by atoms with Crippen LogP contribution in [0.1, 0.15) is 26.3 Å². The lowest BCUT2D eigenvalue weighted by Crippen LogP contribution is -2.52. The molecule has 1 unspecified atom stereocenters. The largest absolute Gasteiger partial charge is 0.352 e. The minimum absolute atomic E-state index is 0.00334. The van der Waals surface area contributed by atoms with Gasteiger partial charge in [-0.15, -0.1) is 0 Å². The van der Waals surface area contributed by atoms with Gasteiger partial charge in [-0.3, -0.25) is 9.59 Å². The Kier molecular flexibility index (Phi) is 5.27. The highest BCUT2D eigenvalue weighted by Gasteiger charge is 2.33. The number of nitrogens with zero attached hydrogens (tertiary/aromatic N) is 1. The van der Waals surface area contributed by atoms with Crippen LogP contribution < -0.4 is 11.1 Å². The number of hydrogen-bond acceptors (Lipinski definition) is 3. The van der Waals surface area contributed by atoms with E-state index < -0.39 is 5.54 Å². The van der Waals surface area contributed by atoms with Gasteiger partial charge in [0.15, 0.2) is 0 Å². The molecule has 1 atom stereocenters. The van der Waals surface area contributed by atoms with Crippen molar-refractivity contribution >= 4 is 11.8 Å². The predicted molar refractivity (Wildman–Crippen MR) is 78.9 cm³/mol. The topological polar surface area (TPSA) is 75.4 Å². The van der Waals surface area contributed by atoms with E-state index in [1.165, 1.54) is 4.90 Å². The highest BCUT2D eigenvalue weighted by atomic mass is 16.2. The molecular weight excluding hydrogens is 254 g/mol. The molecule has 110 valence electrons. The van der Waals surface area contributed by atoms with E-state index in [-0.39, 0.29) is 24.4 Å². The van der Waals surface area contributed by atoms with Crippen molar-refractivity contribution in [2.75, 3.05) is 13.6 Å². The van der Waals surface area contributed by atoms with Gasteiger partial charge < -0.3 is 16.0 Å². The highest BCUT2D eigenvalue weighted by molar-refractivity contribution is 5.90. The summed E-state index contributed by atoms with van der Waals surface area (Å²) < 4.78 is 0. The molecule has 0 saturated heterocycles. The number of amides is 2. The second-order valence-corrected chi connectivity index (χ2v) is 5.45. The third-order valence-electron chi connectivity index (χ3n) is 2.99. The second-order valence-electron chi connectivity index (χ2n) is 5.45. The van der Waals surface area contributed by atoms with Crippen LogP contribution in [0.5, 0.6) is 0 Å². The number of carbonyl (C=O) groups is 2. The Hall–Kier alpha value is -1.88.